The van der Waals surface area contributed by atoms with Crippen LogP contribution in [0.1, 0.15) is 17.3 Å². The fourth-order valence-electron chi connectivity index (χ4n) is 1.35. The van der Waals surface area contributed by atoms with Crippen molar-refractivity contribution in [2.75, 3.05) is 0 Å². The molecule has 70 valence electrons. The lowest BCUT2D eigenvalue weighted by molar-refractivity contribution is 0.101. The van der Waals surface area contributed by atoms with E-state index in [-0.39, 0.29) is 11.5 Å². The number of phenolic OH excluding ortho intramolecular Hbond substituents is 1. The van der Waals surface area contributed by atoms with Gasteiger partial charge >= 0.3 is 0 Å². The quantitative estimate of drug-likeness (QED) is 0.689. The molecule has 2 aromatic rings. The Balaban J connectivity index is 2.88. The van der Waals surface area contributed by atoms with Gasteiger partial charge in [-0.2, -0.15) is 5.10 Å². The maximum atomic E-state index is 11.2. The number of hydrogen-bond acceptors (Lipinski definition) is 4. The molecule has 0 amide bonds. The third-order valence-corrected chi connectivity index (χ3v) is 2.03. The van der Waals surface area contributed by atoms with Crippen LogP contribution in [0.15, 0.2) is 24.4 Å². The molecule has 0 aliphatic carbocycles. The zero-order chi connectivity index (χ0) is 10.1. The zero-order valence-electron chi connectivity index (χ0n) is 7.56. The predicted molar refractivity (Wildman–Crippen MR) is 51.2 cm³/mol. The number of phenols is 1. The Kier molecular flexibility index (Phi) is 1.89. The van der Waals surface area contributed by atoms with E-state index in [2.05, 4.69) is 10.2 Å². The molecule has 0 bridgehead atoms. The van der Waals surface area contributed by atoms with Crippen LogP contribution in [0.2, 0.25) is 0 Å². The average molecular weight is 188 g/mol. The topological polar surface area (TPSA) is 63.1 Å². The Bertz CT molecular complexity index is 508. The highest BCUT2D eigenvalue weighted by Gasteiger charge is 2.08. The summed E-state index contributed by atoms with van der Waals surface area (Å²) in [5, 5.41) is 17.5. The van der Waals surface area contributed by atoms with E-state index in [4.69, 9.17) is 0 Å². The Labute approximate surface area is 80.2 Å². The number of hydrogen-bond donors (Lipinski definition) is 1. The molecule has 0 saturated carbocycles. The Morgan fingerprint density at radius 2 is 2.21 bits per heavy atom. The fraction of sp³-hybridized carbons (Fsp3) is 0.100. The molecule has 4 nitrogen and oxygen atoms in total. The first-order chi connectivity index (χ1) is 6.70. The number of carbonyl (C=O) groups excluding carboxylic acids is 1. The van der Waals surface area contributed by atoms with Gasteiger partial charge in [0.15, 0.2) is 5.78 Å². The van der Waals surface area contributed by atoms with Crippen molar-refractivity contribution in [1.29, 1.82) is 0 Å². The van der Waals surface area contributed by atoms with Crippen LogP contribution in [0.3, 0.4) is 0 Å². The molecule has 1 N–H and O–H groups in total. The number of fused-ring (bicyclic) bond motifs is 1. The van der Waals surface area contributed by atoms with Gasteiger partial charge in [0.25, 0.3) is 0 Å². The van der Waals surface area contributed by atoms with E-state index >= 15 is 0 Å². The van der Waals surface area contributed by atoms with E-state index in [0.717, 1.165) is 0 Å². The summed E-state index contributed by atoms with van der Waals surface area (Å²) in [7, 11) is 0. The number of aromatic hydroxyl groups is 1. The Morgan fingerprint density at radius 1 is 1.43 bits per heavy atom. The van der Waals surface area contributed by atoms with Gasteiger partial charge in [-0.1, -0.05) is 12.1 Å². The smallest absolute Gasteiger partial charge is 0.162 e. The van der Waals surface area contributed by atoms with Crippen LogP contribution in [0.4, 0.5) is 0 Å². The van der Waals surface area contributed by atoms with Gasteiger partial charge in [-0.05, 0) is 13.0 Å². The number of nitrogens with zero attached hydrogens (tertiary/aromatic N) is 2. The molecule has 0 atom stereocenters. The minimum absolute atomic E-state index is 0.0399. The van der Waals surface area contributed by atoms with Crippen molar-refractivity contribution < 1.29 is 9.90 Å². The van der Waals surface area contributed by atoms with Gasteiger partial charge < -0.3 is 5.11 Å². The highest BCUT2D eigenvalue weighted by molar-refractivity contribution is 6.06. The van der Waals surface area contributed by atoms with Crippen LogP contribution in [-0.4, -0.2) is 21.1 Å². The molecule has 0 unspecified atom stereocenters. The number of ketones is 1. The number of aromatic nitrogens is 2. The summed E-state index contributed by atoms with van der Waals surface area (Å²) in [6.07, 6.45) is 1.41. The molecule has 0 fully saturated rings. The van der Waals surface area contributed by atoms with Crippen LogP contribution in [0, 0.1) is 0 Å². The van der Waals surface area contributed by atoms with Gasteiger partial charge in [0, 0.05) is 10.9 Å². The molecule has 1 aromatic carbocycles. The Morgan fingerprint density at radius 3 is 2.93 bits per heavy atom. The van der Waals surface area contributed by atoms with E-state index in [9.17, 15) is 9.90 Å². The molecule has 1 heterocycles. The first-order valence-electron chi connectivity index (χ1n) is 4.14. The average Bonchev–Trinajstić information content (AvgIpc) is 2.17. The lowest BCUT2D eigenvalue weighted by Gasteiger charge is -2.01. The molecular weight excluding hydrogens is 180 g/mol. The second-order valence-electron chi connectivity index (χ2n) is 2.99. The van der Waals surface area contributed by atoms with E-state index in [1.165, 1.54) is 19.2 Å². The zero-order valence-corrected chi connectivity index (χ0v) is 7.56. The number of benzene rings is 1. The summed E-state index contributed by atoms with van der Waals surface area (Å²) in [5.74, 6) is -0.0476. The standard InChI is InChI=1S/C10H8N2O2/c1-6(13)8-5-11-12-10-7(8)3-2-4-9(10)14/h2-5,14H,1H3. The normalized spacial score (nSPS) is 10.4. The van der Waals surface area contributed by atoms with Gasteiger partial charge in [-0.25, -0.2) is 0 Å². The summed E-state index contributed by atoms with van der Waals surface area (Å²) in [6, 6.07) is 4.92. The maximum Gasteiger partial charge on any atom is 0.162 e. The molecule has 2 rings (SSSR count). The SMILES string of the molecule is CC(=O)c1cnnc2c(O)cccc12. The van der Waals surface area contributed by atoms with Crippen molar-refractivity contribution in [2.24, 2.45) is 0 Å². The Hall–Kier alpha value is -1.97. The monoisotopic (exact) mass is 188 g/mol. The van der Waals surface area contributed by atoms with E-state index in [1.807, 2.05) is 0 Å². The molecular formula is C10H8N2O2. The predicted octanol–water partition coefficient (Wildman–Crippen LogP) is 1.54. The van der Waals surface area contributed by atoms with Gasteiger partial charge in [-0.15, -0.1) is 5.10 Å². The van der Waals surface area contributed by atoms with Gasteiger partial charge in [0.2, 0.25) is 0 Å². The first-order valence-corrected chi connectivity index (χ1v) is 4.14. The second kappa shape index (κ2) is 3.06. The van der Waals surface area contributed by atoms with Crippen molar-refractivity contribution in [3.05, 3.63) is 30.0 Å². The maximum absolute atomic E-state index is 11.2. The second-order valence-corrected chi connectivity index (χ2v) is 2.99. The molecule has 4 heteroatoms. The summed E-state index contributed by atoms with van der Waals surface area (Å²) >= 11 is 0. The lowest BCUT2D eigenvalue weighted by atomic mass is 10.1. The molecule has 1 aromatic heterocycles. The van der Waals surface area contributed by atoms with Crippen LogP contribution in [0.25, 0.3) is 10.9 Å². The summed E-state index contributed by atoms with van der Waals surface area (Å²) in [6.45, 7) is 1.46. The molecule has 14 heavy (non-hydrogen) atoms. The molecule has 0 spiro atoms. The highest BCUT2D eigenvalue weighted by atomic mass is 16.3. The minimum Gasteiger partial charge on any atom is -0.506 e. The van der Waals surface area contributed by atoms with E-state index in [0.29, 0.717) is 16.5 Å². The lowest BCUT2D eigenvalue weighted by Crippen LogP contribution is -1.97. The summed E-state index contributed by atoms with van der Waals surface area (Å²) in [5.41, 5.74) is 0.839. The van der Waals surface area contributed by atoms with E-state index in [1.54, 1.807) is 12.1 Å². The molecule has 0 saturated heterocycles. The van der Waals surface area contributed by atoms with Gasteiger partial charge in [0.05, 0.1) is 6.20 Å². The van der Waals surface area contributed by atoms with Gasteiger partial charge in [0.1, 0.15) is 11.3 Å². The molecule has 0 aliphatic rings. The summed E-state index contributed by atoms with van der Waals surface area (Å²) < 4.78 is 0. The van der Waals surface area contributed by atoms with Crippen molar-refractivity contribution in [1.82, 2.24) is 10.2 Å². The van der Waals surface area contributed by atoms with Crippen molar-refractivity contribution in [3.8, 4) is 5.75 Å². The van der Waals surface area contributed by atoms with Crippen molar-refractivity contribution in [2.45, 2.75) is 6.92 Å². The number of Topliss-reactive ketones (excluding diaryl/α,β-unsaturated/α-hetero) is 1. The number of rotatable bonds is 1. The minimum atomic E-state index is -0.0875. The van der Waals surface area contributed by atoms with Crippen molar-refractivity contribution >= 4 is 16.7 Å². The third kappa shape index (κ3) is 1.21. The van der Waals surface area contributed by atoms with E-state index < -0.39 is 0 Å². The first kappa shape index (κ1) is 8.62. The van der Waals surface area contributed by atoms with Gasteiger partial charge in [-0.3, -0.25) is 4.79 Å². The van der Waals surface area contributed by atoms with Crippen molar-refractivity contribution in [3.63, 3.8) is 0 Å². The fourth-order valence-corrected chi connectivity index (χ4v) is 1.35. The van der Waals surface area contributed by atoms with Crippen LogP contribution in [-0.2, 0) is 0 Å². The molecule has 0 aliphatic heterocycles. The number of carbonyl (C=O) groups is 1. The summed E-state index contributed by atoms with van der Waals surface area (Å²) in [4.78, 5) is 11.2. The molecule has 0 radical (unpaired) electrons. The van der Waals surface area contributed by atoms with Crippen LogP contribution in [0.5, 0.6) is 5.75 Å². The largest absolute Gasteiger partial charge is 0.506 e. The van der Waals surface area contributed by atoms with Crippen LogP contribution >= 0.6 is 0 Å². The third-order valence-electron chi connectivity index (χ3n) is 2.03. The van der Waals surface area contributed by atoms with Crippen LogP contribution < -0.4 is 0 Å². The highest BCUT2D eigenvalue weighted by Crippen LogP contribution is 2.23.